The quantitative estimate of drug-likeness (QED) is 0.801. The summed E-state index contributed by atoms with van der Waals surface area (Å²) < 4.78 is 5.20. The largest absolute Gasteiger partial charge is 0.497 e. The van der Waals surface area contributed by atoms with E-state index in [1.54, 1.807) is 7.11 Å². The molecule has 0 radical (unpaired) electrons. The number of primary amides is 1. The molecule has 0 saturated carbocycles. The van der Waals surface area contributed by atoms with Crippen LogP contribution in [0.15, 0.2) is 54.6 Å². The number of methoxy groups -OCH3 is 1. The number of hydrogen-bond acceptors (Lipinski definition) is 4. The summed E-state index contributed by atoms with van der Waals surface area (Å²) in [5.74, 6) is 0.837. The number of urea groups is 1. The number of ether oxygens (including phenoxy) is 1. The van der Waals surface area contributed by atoms with Gasteiger partial charge < -0.3 is 25.6 Å². The Morgan fingerprint density at radius 3 is 2.25 bits per heavy atom. The van der Waals surface area contributed by atoms with Crippen molar-refractivity contribution in [1.82, 2.24) is 10.2 Å². The van der Waals surface area contributed by atoms with E-state index >= 15 is 0 Å². The lowest BCUT2D eigenvalue weighted by Crippen LogP contribution is -2.49. The minimum absolute atomic E-state index is 0.0111. The maximum absolute atomic E-state index is 12.8. The van der Waals surface area contributed by atoms with Gasteiger partial charge in [-0.3, -0.25) is 4.79 Å². The van der Waals surface area contributed by atoms with Gasteiger partial charge in [0.1, 0.15) is 5.75 Å². The first kappa shape index (κ1) is 19.5. The van der Waals surface area contributed by atoms with Crippen molar-refractivity contribution in [2.75, 3.05) is 38.2 Å². The third-order valence-corrected chi connectivity index (χ3v) is 4.97. The van der Waals surface area contributed by atoms with Crippen molar-refractivity contribution in [3.63, 3.8) is 0 Å². The van der Waals surface area contributed by atoms with Crippen molar-refractivity contribution in [3.8, 4) is 5.75 Å². The van der Waals surface area contributed by atoms with Crippen molar-refractivity contribution < 1.29 is 14.3 Å². The molecular formula is C21H26N4O3. The van der Waals surface area contributed by atoms with Crippen LogP contribution in [0.2, 0.25) is 0 Å². The van der Waals surface area contributed by atoms with Gasteiger partial charge in [0, 0.05) is 31.9 Å². The predicted molar refractivity (Wildman–Crippen MR) is 108 cm³/mol. The highest BCUT2D eigenvalue weighted by molar-refractivity contribution is 5.79. The molecule has 148 valence electrons. The van der Waals surface area contributed by atoms with E-state index in [0.717, 1.165) is 30.1 Å². The lowest BCUT2D eigenvalue weighted by Gasteiger charge is -2.36. The first-order valence-corrected chi connectivity index (χ1v) is 9.34. The van der Waals surface area contributed by atoms with Gasteiger partial charge in [-0.15, -0.1) is 0 Å². The van der Waals surface area contributed by atoms with Crippen LogP contribution in [0.5, 0.6) is 5.75 Å². The SMILES string of the molecule is COc1ccc(N2CCN(C(=O)CC(NC(N)=O)c3ccccc3)CC2)cc1. The molecule has 7 nitrogen and oxygen atoms in total. The van der Waals surface area contributed by atoms with E-state index in [0.29, 0.717) is 13.1 Å². The second kappa shape index (κ2) is 9.12. The van der Waals surface area contributed by atoms with Crippen LogP contribution < -0.4 is 20.7 Å². The molecule has 0 aliphatic carbocycles. The van der Waals surface area contributed by atoms with Gasteiger partial charge in [0.05, 0.1) is 19.6 Å². The van der Waals surface area contributed by atoms with Crippen molar-refractivity contribution in [3.05, 3.63) is 60.2 Å². The molecule has 0 bridgehead atoms. The molecule has 1 atom stereocenters. The number of carbonyl (C=O) groups is 2. The first-order valence-electron chi connectivity index (χ1n) is 9.34. The summed E-state index contributed by atoms with van der Waals surface area (Å²) in [6.07, 6.45) is 0.190. The van der Waals surface area contributed by atoms with Crippen LogP contribution in [-0.2, 0) is 4.79 Å². The molecule has 3 amide bonds. The normalized spacial score (nSPS) is 15.0. The zero-order valence-electron chi connectivity index (χ0n) is 16.0. The van der Waals surface area contributed by atoms with Crippen LogP contribution in [0.4, 0.5) is 10.5 Å². The van der Waals surface area contributed by atoms with E-state index in [9.17, 15) is 9.59 Å². The van der Waals surface area contributed by atoms with Crippen molar-refractivity contribution in [2.24, 2.45) is 5.73 Å². The zero-order chi connectivity index (χ0) is 19.9. The summed E-state index contributed by atoms with van der Waals surface area (Å²) in [7, 11) is 1.65. The maximum Gasteiger partial charge on any atom is 0.312 e. The fraction of sp³-hybridized carbons (Fsp3) is 0.333. The van der Waals surface area contributed by atoms with E-state index < -0.39 is 12.1 Å². The van der Waals surface area contributed by atoms with Gasteiger partial charge in [-0.1, -0.05) is 30.3 Å². The molecule has 1 aliphatic heterocycles. The molecule has 7 heteroatoms. The molecule has 1 aliphatic rings. The topological polar surface area (TPSA) is 87.9 Å². The van der Waals surface area contributed by atoms with Gasteiger partial charge in [-0.2, -0.15) is 0 Å². The molecule has 1 saturated heterocycles. The van der Waals surface area contributed by atoms with Crippen LogP contribution in [0.25, 0.3) is 0 Å². The minimum Gasteiger partial charge on any atom is -0.497 e. The number of benzene rings is 2. The molecule has 2 aromatic rings. The minimum atomic E-state index is -0.633. The second-order valence-corrected chi connectivity index (χ2v) is 6.74. The Morgan fingerprint density at radius 1 is 1.04 bits per heavy atom. The van der Waals surface area contributed by atoms with Gasteiger partial charge in [-0.25, -0.2) is 4.79 Å². The fourth-order valence-electron chi connectivity index (χ4n) is 3.42. The van der Waals surface area contributed by atoms with Crippen LogP contribution >= 0.6 is 0 Å². The third-order valence-electron chi connectivity index (χ3n) is 4.97. The van der Waals surface area contributed by atoms with Gasteiger partial charge >= 0.3 is 6.03 Å². The molecule has 1 heterocycles. The van der Waals surface area contributed by atoms with E-state index in [-0.39, 0.29) is 12.3 Å². The average Bonchev–Trinajstić information content (AvgIpc) is 2.74. The smallest absolute Gasteiger partial charge is 0.312 e. The number of amides is 3. The summed E-state index contributed by atoms with van der Waals surface area (Å²) in [4.78, 5) is 28.2. The van der Waals surface area contributed by atoms with Gasteiger partial charge in [0.25, 0.3) is 0 Å². The Labute approximate surface area is 165 Å². The Hall–Kier alpha value is -3.22. The number of nitrogens with two attached hydrogens (primary N) is 1. The van der Waals surface area contributed by atoms with Gasteiger partial charge in [0.2, 0.25) is 5.91 Å². The molecule has 2 aromatic carbocycles. The molecule has 3 rings (SSSR count). The predicted octanol–water partition coefficient (Wildman–Crippen LogP) is 2.14. The Balaban J connectivity index is 1.58. The molecule has 1 unspecified atom stereocenters. The molecule has 28 heavy (non-hydrogen) atoms. The van der Waals surface area contributed by atoms with Crippen LogP contribution in [0.1, 0.15) is 18.0 Å². The monoisotopic (exact) mass is 382 g/mol. The number of nitrogens with one attached hydrogen (secondary N) is 1. The number of anilines is 1. The molecule has 1 fully saturated rings. The summed E-state index contributed by atoms with van der Waals surface area (Å²) in [5, 5.41) is 2.68. The molecule has 0 spiro atoms. The number of piperazine rings is 1. The summed E-state index contributed by atoms with van der Waals surface area (Å²) in [6, 6.07) is 16.3. The highest BCUT2D eigenvalue weighted by atomic mass is 16.5. The van der Waals surface area contributed by atoms with E-state index in [4.69, 9.17) is 10.5 Å². The highest BCUT2D eigenvalue weighted by Crippen LogP contribution is 2.22. The lowest BCUT2D eigenvalue weighted by atomic mass is 10.0. The zero-order valence-corrected chi connectivity index (χ0v) is 16.0. The summed E-state index contributed by atoms with van der Waals surface area (Å²) in [5.41, 5.74) is 7.28. The molecule has 0 aromatic heterocycles. The number of carbonyl (C=O) groups excluding carboxylic acids is 2. The highest BCUT2D eigenvalue weighted by Gasteiger charge is 2.25. The summed E-state index contributed by atoms with van der Waals surface area (Å²) >= 11 is 0. The third kappa shape index (κ3) is 4.94. The second-order valence-electron chi connectivity index (χ2n) is 6.74. The molecule has 3 N–H and O–H groups in total. The van der Waals surface area contributed by atoms with Crippen molar-refractivity contribution >= 4 is 17.6 Å². The van der Waals surface area contributed by atoms with Crippen LogP contribution in [0, 0.1) is 0 Å². The Morgan fingerprint density at radius 2 is 1.68 bits per heavy atom. The Bertz CT molecular complexity index is 787. The molecular weight excluding hydrogens is 356 g/mol. The van der Waals surface area contributed by atoms with E-state index in [1.807, 2.05) is 59.5 Å². The van der Waals surface area contributed by atoms with Crippen LogP contribution in [0.3, 0.4) is 0 Å². The standard InChI is InChI=1S/C21H26N4O3/c1-28-18-9-7-17(8-10-18)24-11-13-25(14-12-24)20(26)15-19(23-21(22)27)16-5-3-2-4-6-16/h2-10,19H,11-15H2,1H3,(H3,22,23,27). The average molecular weight is 382 g/mol. The van der Waals surface area contributed by atoms with E-state index in [1.165, 1.54) is 0 Å². The van der Waals surface area contributed by atoms with Crippen molar-refractivity contribution in [1.29, 1.82) is 0 Å². The van der Waals surface area contributed by atoms with Gasteiger partial charge in [-0.05, 0) is 29.8 Å². The number of hydrogen-bond donors (Lipinski definition) is 2. The van der Waals surface area contributed by atoms with E-state index in [2.05, 4.69) is 10.2 Å². The number of nitrogens with zero attached hydrogens (tertiary/aromatic N) is 2. The fourth-order valence-corrected chi connectivity index (χ4v) is 3.42. The lowest BCUT2D eigenvalue weighted by molar-refractivity contribution is -0.132. The number of rotatable bonds is 6. The maximum atomic E-state index is 12.8. The Kier molecular flexibility index (Phi) is 6.37. The van der Waals surface area contributed by atoms with Crippen molar-refractivity contribution in [2.45, 2.75) is 12.5 Å². The van der Waals surface area contributed by atoms with Gasteiger partial charge in [0.15, 0.2) is 0 Å². The first-order chi connectivity index (χ1) is 13.6. The summed E-state index contributed by atoms with van der Waals surface area (Å²) in [6.45, 7) is 2.81. The van der Waals surface area contributed by atoms with Crippen LogP contribution in [-0.4, -0.2) is 50.1 Å².